The Morgan fingerprint density at radius 1 is 1.14 bits per heavy atom. The molecule has 0 aliphatic heterocycles. The van der Waals surface area contributed by atoms with Gasteiger partial charge in [-0.25, -0.2) is 10.8 Å². The minimum atomic E-state index is 0.391. The molecule has 6 heteroatoms. The molecule has 2 aromatic heterocycles. The van der Waals surface area contributed by atoms with E-state index in [4.69, 9.17) is 5.84 Å². The maximum absolute atomic E-state index is 5.43. The maximum Gasteiger partial charge on any atom is 0.239 e. The molecule has 0 aliphatic rings. The Morgan fingerprint density at radius 2 is 2.00 bits per heavy atom. The lowest BCUT2D eigenvalue weighted by atomic mass is 10.1. The molecule has 0 saturated heterocycles. The number of nitrogens with one attached hydrogen (secondary N) is 2. The largest absolute Gasteiger partial charge is 0.365 e. The van der Waals surface area contributed by atoms with E-state index in [0.29, 0.717) is 12.5 Å². The van der Waals surface area contributed by atoms with Crippen LogP contribution in [-0.4, -0.2) is 15.0 Å². The zero-order chi connectivity index (χ0) is 14.7. The van der Waals surface area contributed by atoms with Crippen LogP contribution < -0.4 is 16.6 Å². The second kappa shape index (κ2) is 5.72. The molecular formula is C15H16N6. The summed E-state index contributed by atoms with van der Waals surface area (Å²) in [5, 5.41) is 4.31. The van der Waals surface area contributed by atoms with Crippen LogP contribution in [0.1, 0.15) is 11.1 Å². The van der Waals surface area contributed by atoms with Crippen LogP contribution in [0.2, 0.25) is 0 Å². The second-order valence-corrected chi connectivity index (χ2v) is 4.71. The van der Waals surface area contributed by atoms with Gasteiger partial charge in [0.05, 0.1) is 5.52 Å². The van der Waals surface area contributed by atoms with Gasteiger partial charge in [0.1, 0.15) is 5.82 Å². The quantitative estimate of drug-likeness (QED) is 0.501. The first-order valence-corrected chi connectivity index (χ1v) is 6.64. The van der Waals surface area contributed by atoms with Gasteiger partial charge < -0.3 is 5.32 Å². The Bertz CT molecular complexity index is 771. The average molecular weight is 280 g/mol. The first-order chi connectivity index (χ1) is 10.3. The van der Waals surface area contributed by atoms with Crippen LogP contribution >= 0.6 is 0 Å². The van der Waals surface area contributed by atoms with Gasteiger partial charge in [0, 0.05) is 24.3 Å². The smallest absolute Gasteiger partial charge is 0.239 e. The molecule has 6 nitrogen and oxygen atoms in total. The van der Waals surface area contributed by atoms with E-state index in [1.54, 1.807) is 6.20 Å². The highest BCUT2D eigenvalue weighted by Crippen LogP contribution is 2.22. The third-order valence-electron chi connectivity index (χ3n) is 3.32. The summed E-state index contributed by atoms with van der Waals surface area (Å²) in [6, 6.07) is 9.81. The van der Waals surface area contributed by atoms with Gasteiger partial charge in [-0.15, -0.1) is 0 Å². The Morgan fingerprint density at radius 3 is 2.81 bits per heavy atom. The van der Waals surface area contributed by atoms with Crippen molar-refractivity contribution < 1.29 is 0 Å². The number of nitrogens with two attached hydrogens (primary N) is 1. The summed E-state index contributed by atoms with van der Waals surface area (Å²) in [5.74, 6) is 6.58. The SMILES string of the molecule is Cc1cnccc1CNc1nc(NN)nc2ccccc12. The predicted molar refractivity (Wildman–Crippen MR) is 83.6 cm³/mol. The lowest BCUT2D eigenvalue weighted by molar-refractivity contribution is 1.06. The van der Waals surface area contributed by atoms with E-state index < -0.39 is 0 Å². The lowest BCUT2D eigenvalue weighted by Crippen LogP contribution is -2.12. The Balaban J connectivity index is 1.94. The fourth-order valence-corrected chi connectivity index (χ4v) is 2.16. The fraction of sp³-hybridized carbons (Fsp3) is 0.133. The molecule has 0 radical (unpaired) electrons. The summed E-state index contributed by atoms with van der Waals surface area (Å²) >= 11 is 0. The van der Waals surface area contributed by atoms with Crippen LogP contribution in [0.5, 0.6) is 0 Å². The van der Waals surface area contributed by atoms with Crippen molar-refractivity contribution in [3.63, 3.8) is 0 Å². The first kappa shape index (κ1) is 13.3. The zero-order valence-electron chi connectivity index (χ0n) is 11.7. The van der Waals surface area contributed by atoms with Crippen LogP contribution in [0.15, 0.2) is 42.7 Å². The first-order valence-electron chi connectivity index (χ1n) is 6.64. The lowest BCUT2D eigenvalue weighted by Gasteiger charge is -2.11. The van der Waals surface area contributed by atoms with E-state index >= 15 is 0 Å². The van der Waals surface area contributed by atoms with Gasteiger partial charge in [0.2, 0.25) is 5.95 Å². The third kappa shape index (κ3) is 2.75. The number of pyridine rings is 1. The Kier molecular flexibility index (Phi) is 3.61. The monoisotopic (exact) mass is 280 g/mol. The number of nitrogens with zero attached hydrogens (tertiary/aromatic N) is 3. The standard InChI is InChI=1S/C15H16N6/c1-10-8-17-7-6-11(10)9-18-14-12-4-2-3-5-13(12)19-15(20-14)21-16/h2-8H,9,16H2,1H3,(H2,18,19,20,21). The van der Waals surface area contributed by atoms with Gasteiger partial charge in [0.15, 0.2) is 0 Å². The van der Waals surface area contributed by atoms with Crippen LogP contribution in [0.25, 0.3) is 10.9 Å². The van der Waals surface area contributed by atoms with E-state index in [9.17, 15) is 0 Å². The van der Waals surface area contributed by atoms with Gasteiger partial charge in [-0.05, 0) is 36.2 Å². The summed E-state index contributed by atoms with van der Waals surface area (Å²) in [5.41, 5.74) is 5.65. The minimum absolute atomic E-state index is 0.391. The van der Waals surface area contributed by atoms with Gasteiger partial charge in [-0.1, -0.05) is 12.1 Å². The van der Waals surface area contributed by atoms with Crippen LogP contribution in [0, 0.1) is 6.92 Å². The van der Waals surface area contributed by atoms with E-state index in [1.807, 2.05) is 43.5 Å². The summed E-state index contributed by atoms with van der Waals surface area (Å²) in [6.45, 7) is 2.70. The van der Waals surface area contributed by atoms with E-state index in [2.05, 4.69) is 25.7 Å². The highest BCUT2D eigenvalue weighted by Gasteiger charge is 2.07. The molecule has 4 N–H and O–H groups in total. The molecule has 106 valence electrons. The van der Waals surface area contributed by atoms with Gasteiger partial charge in [-0.2, -0.15) is 4.98 Å². The minimum Gasteiger partial charge on any atom is -0.365 e. The van der Waals surface area contributed by atoms with Crippen LogP contribution in [0.3, 0.4) is 0 Å². The molecule has 0 atom stereocenters. The number of nitrogen functional groups attached to an aromatic ring is 1. The molecule has 0 bridgehead atoms. The van der Waals surface area contributed by atoms with E-state index in [-0.39, 0.29) is 0 Å². The molecule has 0 saturated carbocycles. The number of hydrogen-bond donors (Lipinski definition) is 3. The van der Waals surface area contributed by atoms with Crippen molar-refractivity contribution in [2.45, 2.75) is 13.5 Å². The highest BCUT2D eigenvalue weighted by molar-refractivity contribution is 5.89. The number of anilines is 2. The molecule has 0 spiro atoms. The molecule has 2 heterocycles. The van der Waals surface area contributed by atoms with Crippen LogP contribution in [-0.2, 0) is 6.54 Å². The summed E-state index contributed by atoms with van der Waals surface area (Å²) in [6.07, 6.45) is 3.64. The molecule has 21 heavy (non-hydrogen) atoms. The molecule has 3 rings (SSSR count). The van der Waals surface area contributed by atoms with Crippen molar-refractivity contribution in [1.82, 2.24) is 15.0 Å². The molecule has 3 aromatic rings. The molecule has 0 aliphatic carbocycles. The number of hydrazine groups is 1. The number of rotatable bonds is 4. The van der Waals surface area contributed by atoms with E-state index in [1.165, 1.54) is 5.56 Å². The number of para-hydroxylation sites is 1. The molecule has 1 aromatic carbocycles. The number of aryl methyl sites for hydroxylation is 1. The second-order valence-electron chi connectivity index (χ2n) is 4.71. The molecular weight excluding hydrogens is 264 g/mol. The number of aromatic nitrogens is 3. The summed E-state index contributed by atoms with van der Waals surface area (Å²) in [4.78, 5) is 12.8. The van der Waals surface area contributed by atoms with Crippen molar-refractivity contribution in [3.05, 3.63) is 53.9 Å². The van der Waals surface area contributed by atoms with Gasteiger partial charge in [-0.3, -0.25) is 10.4 Å². The predicted octanol–water partition coefficient (Wildman–Crippen LogP) is 2.23. The summed E-state index contributed by atoms with van der Waals surface area (Å²) < 4.78 is 0. The Hall–Kier alpha value is -2.73. The van der Waals surface area contributed by atoms with Crippen molar-refractivity contribution >= 4 is 22.7 Å². The molecule has 0 unspecified atom stereocenters. The number of hydrogen-bond acceptors (Lipinski definition) is 6. The normalized spacial score (nSPS) is 10.6. The Labute approximate surface area is 122 Å². The summed E-state index contributed by atoms with van der Waals surface area (Å²) in [7, 11) is 0. The average Bonchev–Trinajstić information content (AvgIpc) is 2.53. The van der Waals surface area contributed by atoms with Crippen molar-refractivity contribution in [2.75, 3.05) is 10.7 Å². The molecule has 0 fully saturated rings. The van der Waals surface area contributed by atoms with Gasteiger partial charge >= 0.3 is 0 Å². The van der Waals surface area contributed by atoms with Crippen molar-refractivity contribution in [1.29, 1.82) is 0 Å². The topological polar surface area (TPSA) is 88.8 Å². The highest BCUT2D eigenvalue weighted by atomic mass is 15.3. The number of fused-ring (bicyclic) bond motifs is 1. The third-order valence-corrected chi connectivity index (χ3v) is 3.32. The van der Waals surface area contributed by atoms with Crippen LogP contribution in [0.4, 0.5) is 11.8 Å². The van der Waals surface area contributed by atoms with Crippen molar-refractivity contribution in [2.24, 2.45) is 5.84 Å². The van der Waals surface area contributed by atoms with Crippen molar-refractivity contribution in [3.8, 4) is 0 Å². The zero-order valence-corrected chi connectivity index (χ0v) is 11.7. The maximum atomic E-state index is 5.43. The fourth-order valence-electron chi connectivity index (χ4n) is 2.16. The van der Waals surface area contributed by atoms with Gasteiger partial charge in [0.25, 0.3) is 0 Å². The van der Waals surface area contributed by atoms with E-state index in [0.717, 1.165) is 22.3 Å². The molecule has 0 amide bonds. The number of benzene rings is 1.